The van der Waals surface area contributed by atoms with Gasteiger partial charge < -0.3 is 20.3 Å². The van der Waals surface area contributed by atoms with Crippen molar-refractivity contribution in [1.82, 2.24) is 40.1 Å². The smallest absolute Gasteiger partial charge is 0.293 e. The molecule has 0 saturated heterocycles. The molecule has 0 aliphatic carbocycles. The number of carbonyl (C=O) groups excluding carboxylic acids is 1. The molecule has 0 bridgehead atoms. The van der Waals surface area contributed by atoms with Crippen molar-refractivity contribution in [2.24, 2.45) is 7.05 Å². The van der Waals surface area contributed by atoms with Gasteiger partial charge in [-0.3, -0.25) is 14.4 Å². The first kappa shape index (κ1) is 27.4. The van der Waals surface area contributed by atoms with Crippen molar-refractivity contribution in [3.63, 3.8) is 0 Å². The second kappa shape index (κ2) is 11.1. The molecule has 12 heteroatoms. The van der Waals surface area contributed by atoms with Crippen LogP contribution in [-0.2, 0) is 19.0 Å². The van der Waals surface area contributed by atoms with E-state index in [0.29, 0.717) is 37.9 Å². The summed E-state index contributed by atoms with van der Waals surface area (Å²) in [5.74, 6) is 0.512. The molecule has 0 fully saturated rings. The molecule has 1 amide bonds. The van der Waals surface area contributed by atoms with E-state index in [1.54, 1.807) is 24.0 Å². The average molecular weight is 546 g/mol. The van der Waals surface area contributed by atoms with Gasteiger partial charge >= 0.3 is 0 Å². The normalized spacial score (nSPS) is 16.7. The van der Waals surface area contributed by atoms with Gasteiger partial charge in [0.15, 0.2) is 0 Å². The molecule has 2 atom stereocenters. The van der Waals surface area contributed by atoms with Crippen LogP contribution >= 0.6 is 0 Å². The highest BCUT2D eigenvalue weighted by Gasteiger charge is 2.28. The fourth-order valence-electron chi connectivity index (χ4n) is 4.75. The van der Waals surface area contributed by atoms with Gasteiger partial charge in [-0.15, -0.1) is 0 Å². The number of hydrogen-bond acceptors (Lipinski definition) is 10. The van der Waals surface area contributed by atoms with E-state index in [1.165, 1.54) is 0 Å². The first-order valence-corrected chi connectivity index (χ1v) is 13.3. The molecule has 4 aromatic rings. The second-order valence-corrected chi connectivity index (χ2v) is 11.3. The van der Waals surface area contributed by atoms with Crippen LogP contribution in [0.1, 0.15) is 67.8 Å². The predicted molar refractivity (Wildman–Crippen MR) is 149 cm³/mol. The van der Waals surface area contributed by atoms with Crippen LogP contribution in [0.4, 0.5) is 11.6 Å². The third-order valence-electron chi connectivity index (χ3n) is 6.66. The molecule has 0 spiro atoms. The molecule has 0 saturated carbocycles. The summed E-state index contributed by atoms with van der Waals surface area (Å²) in [5, 5.41) is 24.5. The minimum atomic E-state index is -0.476. The van der Waals surface area contributed by atoms with E-state index < -0.39 is 6.10 Å². The van der Waals surface area contributed by atoms with Crippen molar-refractivity contribution in [3.05, 3.63) is 65.7 Å². The number of rotatable bonds is 7. The highest BCUT2D eigenvalue weighted by molar-refractivity contribution is 5.90. The quantitative estimate of drug-likeness (QED) is 0.316. The number of aliphatic hydroxyl groups excluding tert-OH is 1. The number of β-amino-alcohol motifs (C(OH)–C–C–N with tert-alkyl or cyclic N) is 1. The Hall–Kier alpha value is -4.16. The molecule has 40 heavy (non-hydrogen) atoms. The number of fused-ring (bicyclic) bond motifs is 1. The number of nitrogens with zero attached hydrogens (tertiary/aromatic N) is 7. The SMILES string of the molecule is CC(O)CN1CCC(NC(=O)c2noc(C(C)(C)C)n2)c2ccc(-c3ccnc(Nc4cnn(C)c4)n3)cc2C1. The Bertz CT molecular complexity index is 1490. The zero-order chi connectivity index (χ0) is 28.4. The van der Waals surface area contributed by atoms with E-state index in [-0.39, 0.29) is 23.2 Å². The first-order chi connectivity index (χ1) is 19.0. The number of carbonyl (C=O) groups is 1. The van der Waals surface area contributed by atoms with Crippen molar-refractivity contribution in [3.8, 4) is 11.3 Å². The number of nitrogens with one attached hydrogen (secondary N) is 2. The van der Waals surface area contributed by atoms with Crippen LogP contribution < -0.4 is 10.6 Å². The Balaban J connectivity index is 1.42. The predicted octanol–water partition coefficient (Wildman–Crippen LogP) is 3.36. The van der Waals surface area contributed by atoms with Crippen LogP contribution in [0, 0.1) is 0 Å². The van der Waals surface area contributed by atoms with Gasteiger partial charge in [-0.05, 0) is 36.6 Å². The maximum absolute atomic E-state index is 13.1. The monoisotopic (exact) mass is 545 g/mol. The zero-order valence-corrected chi connectivity index (χ0v) is 23.4. The third kappa shape index (κ3) is 6.35. The summed E-state index contributed by atoms with van der Waals surface area (Å²) in [6.07, 6.45) is 5.47. The Kier molecular flexibility index (Phi) is 7.63. The molecule has 5 rings (SSSR count). The molecular weight excluding hydrogens is 510 g/mol. The summed E-state index contributed by atoms with van der Waals surface area (Å²) in [5.41, 5.74) is 4.18. The van der Waals surface area contributed by atoms with E-state index >= 15 is 0 Å². The number of benzene rings is 1. The number of amides is 1. The van der Waals surface area contributed by atoms with E-state index in [9.17, 15) is 9.90 Å². The highest BCUT2D eigenvalue weighted by atomic mass is 16.5. The second-order valence-electron chi connectivity index (χ2n) is 11.3. The summed E-state index contributed by atoms with van der Waals surface area (Å²) in [4.78, 5) is 28.7. The van der Waals surface area contributed by atoms with E-state index in [2.05, 4.69) is 41.8 Å². The van der Waals surface area contributed by atoms with Crippen LogP contribution in [0.3, 0.4) is 0 Å². The lowest BCUT2D eigenvalue weighted by molar-refractivity contribution is 0.0913. The summed E-state index contributed by atoms with van der Waals surface area (Å²) in [7, 11) is 1.85. The van der Waals surface area contributed by atoms with Gasteiger partial charge in [0.1, 0.15) is 0 Å². The van der Waals surface area contributed by atoms with Crippen LogP contribution in [0.2, 0.25) is 0 Å². The molecule has 210 valence electrons. The summed E-state index contributed by atoms with van der Waals surface area (Å²) < 4.78 is 7.03. The van der Waals surface area contributed by atoms with Crippen molar-refractivity contribution in [2.75, 3.05) is 18.4 Å². The van der Waals surface area contributed by atoms with Crippen LogP contribution in [-0.4, -0.2) is 65.0 Å². The van der Waals surface area contributed by atoms with E-state index in [0.717, 1.165) is 28.1 Å². The Morgan fingerprint density at radius 3 is 2.77 bits per heavy atom. The maximum Gasteiger partial charge on any atom is 0.293 e. The molecular formula is C28H35N9O3. The van der Waals surface area contributed by atoms with Gasteiger partial charge in [-0.2, -0.15) is 10.1 Å². The van der Waals surface area contributed by atoms with Crippen LogP contribution in [0.15, 0.2) is 47.4 Å². The largest absolute Gasteiger partial charge is 0.392 e. The van der Waals surface area contributed by atoms with E-state index in [1.807, 2.05) is 52.2 Å². The van der Waals surface area contributed by atoms with Gasteiger partial charge in [0.2, 0.25) is 11.8 Å². The standard InChI is InChI=1S/C28H35N9O3/c1-17(38)14-37-11-9-23(32-25(39)24-34-26(40-35-24)28(2,3)4)21-7-6-18(12-19(21)15-37)22-8-10-29-27(33-22)31-20-13-30-36(5)16-20/h6-8,10,12-13,16-17,23,38H,9,11,14-15H2,1-5H3,(H,32,39)(H,29,31,33). The summed E-state index contributed by atoms with van der Waals surface area (Å²) in [6.45, 7) is 9.49. The van der Waals surface area contributed by atoms with Crippen molar-refractivity contribution in [1.29, 1.82) is 0 Å². The van der Waals surface area contributed by atoms with Gasteiger partial charge in [-0.25, -0.2) is 9.97 Å². The van der Waals surface area contributed by atoms with Crippen molar-refractivity contribution in [2.45, 2.75) is 58.2 Å². The number of anilines is 2. The molecule has 2 unspecified atom stereocenters. The highest BCUT2D eigenvalue weighted by Crippen LogP contribution is 2.31. The van der Waals surface area contributed by atoms with E-state index in [4.69, 9.17) is 9.51 Å². The van der Waals surface area contributed by atoms with Crippen LogP contribution in [0.5, 0.6) is 0 Å². The lowest BCUT2D eigenvalue weighted by atomic mass is 9.96. The fourth-order valence-corrected chi connectivity index (χ4v) is 4.75. The lowest BCUT2D eigenvalue weighted by Crippen LogP contribution is -2.33. The third-order valence-corrected chi connectivity index (χ3v) is 6.66. The molecule has 1 aromatic carbocycles. The van der Waals surface area contributed by atoms with Gasteiger partial charge in [-0.1, -0.05) is 38.1 Å². The molecule has 4 heterocycles. The maximum atomic E-state index is 13.1. The van der Waals surface area contributed by atoms with Gasteiger partial charge in [0.05, 0.1) is 29.7 Å². The fraction of sp³-hybridized carbons (Fsp3) is 0.429. The molecule has 3 N–H and O–H groups in total. The molecule has 3 aromatic heterocycles. The molecule has 1 aliphatic heterocycles. The average Bonchev–Trinajstić information content (AvgIpc) is 3.52. The Morgan fingerprint density at radius 2 is 2.08 bits per heavy atom. The Labute approximate surface area is 232 Å². The molecule has 1 aliphatic rings. The minimum Gasteiger partial charge on any atom is -0.392 e. The zero-order valence-electron chi connectivity index (χ0n) is 23.4. The molecule has 0 radical (unpaired) electrons. The number of aliphatic hydroxyl groups is 1. The van der Waals surface area contributed by atoms with Crippen LogP contribution in [0.25, 0.3) is 11.3 Å². The minimum absolute atomic E-state index is 0.0165. The van der Waals surface area contributed by atoms with Crippen molar-refractivity contribution < 1.29 is 14.4 Å². The lowest BCUT2D eigenvalue weighted by Gasteiger charge is -2.22. The summed E-state index contributed by atoms with van der Waals surface area (Å²) >= 11 is 0. The Morgan fingerprint density at radius 1 is 1.25 bits per heavy atom. The van der Waals surface area contributed by atoms with Gasteiger partial charge in [0, 0.05) is 50.1 Å². The summed E-state index contributed by atoms with van der Waals surface area (Å²) in [6, 6.07) is 7.74. The number of hydrogen-bond donors (Lipinski definition) is 3. The topological polar surface area (TPSA) is 147 Å². The number of aryl methyl sites for hydroxylation is 1. The molecule has 12 nitrogen and oxygen atoms in total. The number of aromatic nitrogens is 6. The van der Waals surface area contributed by atoms with Crippen molar-refractivity contribution >= 4 is 17.5 Å². The van der Waals surface area contributed by atoms with Gasteiger partial charge in [0.25, 0.3) is 11.7 Å². The first-order valence-electron chi connectivity index (χ1n) is 13.3.